The van der Waals surface area contributed by atoms with Crippen LogP contribution in [0.2, 0.25) is 0 Å². The summed E-state index contributed by atoms with van der Waals surface area (Å²) < 4.78 is 5.30. The summed E-state index contributed by atoms with van der Waals surface area (Å²) in [6.07, 6.45) is 27.2. The smallest absolute Gasteiger partial charge is 0.310 e. The number of carboxylic acid groups (broad SMARTS) is 1. The molecule has 1 aliphatic rings. The quantitative estimate of drug-likeness (QED) is 0.127. The molecule has 2 unspecified atom stereocenters. The fraction of sp³-hybridized carbons (Fsp3) is 0.852. The van der Waals surface area contributed by atoms with Gasteiger partial charge in [-0.3, -0.25) is 9.59 Å². The molecule has 0 saturated heterocycles. The SMILES string of the molecule is CCCCCCCCCCCCCCCC/C=C/COC(=O)C1CCCCC1C(=O)O. The molecule has 31 heavy (non-hydrogen) atoms. The van der Waals surface area contributed by atoms with Crippen molar-refractivity contribution < 1.29 is 19.4 Å². The Labute approximate surface area is 191 Å². The van der Waals surface area contributed by atoms with Crippen LogP contribution < -0.4 is 0 Å². The van der Waals surface area contributed by atoms with Crippen LogP contribution in [-0.2, 0) is 14.3 Å². The second-order valence-electron chi connectivity index (χ2n) is 9.32. The number of hydrogen-bond acceptors (Lipinski definition) is 3. The standard InChI is InChI=1S/C27H48O4/c1-2-3-4-5-6-7-8-9-10-11-12-13-14-15-16-17-20-23-31-27(30)25-22-19-18-21-24(25)26(28)29/h17,20,24-25H,2-16,18-19,21-23H2,1H3,(H,28,29)/b20-17+. The van der Waals surface area contributed by atoms with Crippen molar-refractivity contribution in [3.8, 4) is 0 Å². The molecule has 1 saturated carbocycles. The number of esters is 1. The average molecular weight is 437 g/mol. The van der Waals surface area contributed by atoms with Gasteiger partial charge in [0.25, 0.3) is 0 Å². The van der Waals surface area contributed by atoms with E-state index in [9.17, 15) is 14.7 Å². The Balaban J connectivity index is 1.88. The minimum absolute atomic E-state index is 0.264. The summed E-state index contributed by atoms with van der Waals surface area (Å²) in [5.41, 5.74) is 0. The van der Waals surface area contributed by atoms with Crippen LogP contribution in [0.4, 0.5) is 0 Å². The van der Waals surface area contributed by atoms with Gasteiger partial charge >= 0.3 is 11.9 Å². The Morgan fingerprint density at radius 3 is 1.74 bits per heavy atom. The first-order chi connectivity index (χ1) is 15.2. The van der Waals surface area contributed by atoms with Gasteiger partial charge in [0.15, 0.2) is 0 Å². The van der Waals surface area contributed by atoms with Crippen LogP contribution in [0.3, 0.4) is 0 Å². The Bertz CT molecular complexity index is 486. The van der Waals surface area contributed by atoms with Gasteiger partial charge in [-0.25, -0.2) is 0 Å². The van der Waals surface area contributed by atoms with Gasteiger partial charge < -0.3 is 9.84 Å². The first-order valence-electron chi connectivity index (χ1n) is 13.2. The van der Waals surface area contributed by atoms with Crippen LogP contribution in [-0.4, -0.2) is 23.7 Å². The molecular formula is C27H48O4. The maximum atomic E-state index is 12.2. The molecule has 0 heterocycles. The van der Waals surface area contributed by atoms with Gasteiger partial charge in [-0.15, -0.1) is 0 Å². The second-order valence-corrected chi connectivity index (χ2v) is 9.32. The van der Waals surface area contributed by atoms with Crippen LogP contribution in [0.15, 0.2) is 12.2 Å². The maximum absolute atomic E-state index is 12.2. The number of ether oxygens (including phenoxy) is 1. The third-order valence-corrected chi connectivity index (χ3v) is 6.60. The Kier molecular flexibility index (Phi) is 17.3. The predicted octanol–water partition coefficient (Wildman–Crippen LogP) is 7.85. The van der Waals surface area contributed by atoms with E-state index in [1.165, 1.54) is 89.9 Å². The van der Waals surface area contributed by atoms with Crippen LogP contribution in [0, 0.1) is 11.8 Å². The van der Waals surface area contributed by atoms with Crippen LogP contribution >= 0.6 is 0 Å². The predicted molar refractivity (Wildman–Crippen MR) is 128 cm³/mol. The molecule has 1 fully saturated rings. The first-order valence-corrected chi connectivity index (χ1v) is 13.2. The highest BCUT2D eigenvalue weighted by molar-refractivity contribution is 5.81. The van der Waals surface area contributed by atoms with Crippen LogP contribution in [0.1, 0.15) is 129 Å². The monoisotopic (exact) mass is 436 g/mol. The lowest BCUT2D eigenvalue weighted by Gasteiger charge is -2.26. The van der Waals surface area contributed by atoms with E-state index in [-0.39, 0.29) is 12.6 Å². The summed E-state index contributed by atoms with van der Waals surface area (Å²) in [5.74, 6) is -2.24. The second kappa shape index (κ2) is 19.4. The first kappa shape index (κ1) is 27.7. The number of unbranched alkanes of at least 4 members (excludes halogenated alkanes) is 14. The number of carbonyl (C=O) groups excluding carboxylic acids is 1. The number of carbonyl (C=O) groups is 2. The van der Waals surface area contributed by atoms with Crippen LogP contribution in [0.5, 0.6) is 0 Å². The molecule has 0 aromatic carbocycles. The van der Waals surface area contributed by atoms with Crippen molar-refractivity contribution >= 4 is 11.9 Å². The third kappa shape index (κ3) is 14.4. The molecule has 0 bridgehead atoms. The molecule has 0 amide bonds. The zero-order chi connectivity index (χ0) is 22.6. The van der Waals surface area contributed by atoms with E-state index in [4.69, 9.17) is 4.74 Å². The van der Waals surface area contributed by atoms with Crippen molar-refractivity contribution in [2.75, 3.05) is 6.61 Å². The molecule has 0 radical (unpaired) electrons. The number of allylic oxidation sites excluding steroid dienone is 1. The van der Waals surface area contributed by atoms with E-state index >= 15 is 0 Å². The highest BCUT2D eigenvalue weighted by Gasteiger charge is 2.36. The molecule has 0 spiro atoms. The average Bonchev–Trinajstić information content (AvgIpc) is 2.78. The van der Waals surface area contributed by atoms with Gasteiger partial charge in [-0.05, 0) is 25.7 Å². The van der Waals surface area contributed by atoms with Gasteiger partial charge in [-0.1, -0.05) is 115 Å². The minimum atomic E-state index is -0.866. The van der Waals surface area contributed by atoms with Gasteiger partial charge in [0.2, 0.25) is 0 Å². The molecule has 0 aromatic rings. The van der Waals surface area contributed by atoms with Gasteiger partial charge in [0.05, 0.1) is 11.8 Å². The van der Waals surface area contributed by atoms with E-state index in [1.54, 1.807) is 0 Å². The fourth-order valence-corrected chi connectivity index (χ4v) is 4.59. The Hall–Kier alpha value is -1.32. The molecule has 0 aromatic heterocycles. The summed E-state index contributed by atoms with van der Waals surface area (Å²) in [6, 6.07) is 0. The van der Waals surface area contributed by atoms with Gasteiger partial charge in [-0.2, -0.15) is 0 Å². The number of hydrogen-bond donors (Lipinski definition) is 1. The molecular weight excluding hydrogens is 388 g/mol. The van der Waals surface area contributed by atoms with E-state index in [0.29, 0.717) is 12.8 Å². The topological polar surface area (TPSA) is 63.6 Å². The Morgan fingerprint density at radius 2 is 1.23 bits per heavy atom. The van der Waals surface area contributed by atoms with E-state index in [0.717, 1.165) is 19.3 Å². The number of rotatable bonds is 19. The van der Waals surface area contributed by atoms with Gasteiger partial charge in [0, 0.05) is 0 Å². The minimum Gasteiger partial charge on any atom is -0.481 e. The molecule has 180 valence electrons. The normalized spacial score (nSPS) is 19.0. The van der Waals surface area contributed by atoms with Crippen LogP contribution in [0.25, 0.3) is 0 Å². The summed E-state index contributed by atoms with van der Waals surface area (Å²) >= 11 is 0. The highest BCUT2D eigenvalue weighted by Crippen LogP contribution is 2.31. The van der Waals surface area contributed by atoms with Crippen molar-refractivity contribution in [3.63, 3.8) is 0 Å². The summed E-state index contributed by atoms with van der Waals surface area (Å²) in [6.45, 7) is 2.54. The van der Waals surface area contributed by atoms with E-state index in [1.807, 2.05) is 6.08 Å². The van der Waals surface area contributed by atoms with Crippen molar-refractivity contribution in [1.29, 1.82) is 0 Å². The fourth-order valence-electron chi connectivity index (χ4n) is 4.59. The highest BCUT2D eigenvalue weighted by atomic mass is 16.5. The Morgan fingerprint density at radius 1 is 0.742 bits per heavy atom. The van der Waals surface area contributed by atoms with E-state index < -0.39 is 17.8 Å². The maximum Gasteiger partial charge on any atom is 0.310 e. The molecule has 1 rings (SSSR count). The lowest BCUT2D eigenvalue weighted by Crippen LogP contribution is -2.33. The number of carboxylic acids is 1. The zero-order valence-corrected chi connectivity index (χ0v) is 20.1. The van der Waals surface area contributed by atoms with Gasteiger partial charge in [0.1, 0.15) is 6.61 Å². The lowest BCUT2D eigenvalue weighted by atomic mass is 9.79. The molecule has 4 heteroatoms. The van der Waals surface area contributed by atoms with Crippen molar-refractivity contribution in [2.24, 2.45) is 11.8 Å². The molecule has 2 atom stereocenters. The largest absolute Gasteiger partial charge is 0.481 e. The third-order valence-electron chi connectivity index (χ3n) is 6.60. The molecule has 1 aliphatic carbocycles. The van der Waals surface area contributed by atoms with Crippen molar-refractivity contribution in [3.05, 3.63) is 12.2 Å². The summed E-state index contributed by atoms with van der Waals surface area (Å²) in [7, 11) is 0. The molecule has 4 nitrogen and oxygen atoms in total. The van der Waals surface area contributed by atoms with Crippen molar-refractivity contribution in [1.82, 2.24) is 0 Å². The van der Waals surface area contributed by atoms with Crippen molar-refractivity contribution in [2.45, 2.75) is 129 Å². The molecule has 1 N–H and O–H groups in total. The number of aliphatic carboxylic acids is 1. The lowest BCUT2D eigenvalue weighted by molar-refractivity contribution is -0.158. The summed E-state index contributed by atoms with van der Waals surface area (Å²) in [4.78, 5) is 23.5. The van der Waals surface area contributed by atoms with E-state index in [2.05, 4.69) is 13.0 Å². The summed E-state index contributed by atoms with van der Waals surface area (Å²) in [5, 5.41) is 9.26. The molecule has 0 aliphatic heterocycles. The zero-order valence-electron chi connectivity index (χ0n) is 20.1.